The number of hydrogen-bond acceptors (Lipinski definition) is 3. The van der Waals surface area contributed by atoms with Crippen LogP contribution in [0.5, 0.6) is 0 Å². The third-order valence-electron chi connectivity index (χ3n) is 3.82. The molecule has 3 nitrogen and oxygen atoms in total. The Morgan fingerprint density at radius 3 is 2.33 bits per heavy atom. The topological polar surface area (TPSA) is 53.2 Å². The van der Waals surface area contributed by atoms with Crippen molar-refractivity contribution in [3.63, 3.8) is 0 Å². The van der Waals surface area contributed by atoms with Gasteiger partial charge in [-0.05, 0) is 18.8 Å². The first-order valence-corrected chi connectivity index (χ1v) is 5.65. The van der Waals surface area contributed by atoms with Gasteiger partial charge in [-0.3, -0.25) is 0 Å². The molecule has 0 aromatic carbocycles. The molecule has 1 fully saturated rings. The van der Waals surface area contributed by atoms with Crippen LogP contribution in [0.2, 0.25) is 0 Å². The van der Waals surface area contributed by atoms with Gasteiger partial charge in [-0.15, -0.1) is 0 Å². The van der Waals surface area contributed by atoms with Gasteiger partial charge in [0, 0.05) is 7.11 Å². The predicted octanol–water partition coefficient (Wildman–Crippen LogP) is 2.10. The van der Waals surface area contributed by atoms with E-state index < -0.39 is 11.0 Å². The predicted molar refractivity (Wildman–Crippen MR) is 58.2 cm³/mol. The number of nitrogens with zero attached hydrogens (tertiary/aromatic N) is 1. The second-order valence-electron chi connectivity index (χ2n) is 4.91. The minimum absolute atomic E-state index is 0.0372. The third-order valence-corrected chi connectivity index (χ3v) is 3.82. The van der Waals surface area contributed by atoms with Crippen LogP contribution in [-0.2, 0) is 4.74 Å². The first kappa shape index (κ1) is 12.5. The summed E-state index contributed by atoms with van der Waals surface area (Å²) < 4.78 is 5.11. The molecule has 0 heterocycles. The number of aliphatic hydroxyl groups is 1. The van der Waals surface area contributed by atoms with E-state index in [2.05, 4.69) is 6.07 Å². The zero-order valence-corrected chi connectivity index (χ0v) is 9.92. The van der Waals surface area contributed by atoms with Gasteiger partial charge in [0.1, 0.15) is 5.60 Å². The van der Waals surface area contributed by atoms with Crippen LogP contribution in [0.25, 0.3) is 0 Å². The van der Waals surface area contributed by atoms with Gasteiger partial charge in [0.2, 0.25) is 0 Å². The first-order chi connectivity index (χ1) is 7.02. The molecule has 1 N–H and O–H groups in total. The van der Waals surface area contributed by atoms with E-state index in [0.29, 0.717) is 0 Å². The molecule has 0 spiro atoms. The van der Waals surface area contributed by atoms with Crippen LogP contribution in [0.15, 0.2) is 0 Å². The molecule has 3 heteroatoms. The average Bonchev–Trinajstić information content (AvgIpc) is 2.67. The molecule has 15 heavy (non-hydrogen) atoms. The van der Waals surface area contributed by atoms with Crippen molar-refractivity contribution in [1.29, 1.82) is 5.26 Å². The first-order valence-electron chi connectivity index (χ1n) is 5.65. The van der Waals surface area contributed by atoms with Gasteiger partial charge >= 0.3 is 0 Å². The van der Waals surface area contributed by atoms with Gasteiger partial charge in [-0.25, -0.2) is 0 Å². The molecule has 0 aromatic heterocycles. The minimum atomic E-state index is -1.01. The molecule has 0 bridgehead atoms. The number of ether oxygens (including phenoxy) is 1. The Morgan fingerprint density at radius 2 is 2.00 bits per heavy atom. The number of methoxy groups -OCH3 is 1. The summed E-state index contributed by atoms with van der Waals surface area (Å²) >= 11 is 0. The Kier molecular flexibility index (Phi) is 3.75. The van der Waals surface area contributed by atoms with Crippen LogP contribution in [0, 0.1) is 22.7 Å². The summed E-state index contributed by atoms with van der Waals surface area (Å²) in [6.45, 7) is 4.16. The Labute approximate surface area is 92.0 Å². The summed E-state index contributed by atoms with van der Waals surface area (Å²) in [6, 6.07) is 2.35. The summed E-state index contributed by atoms with van der Waals surface area (Å²) in [5, 5.41) is 20.1. The average molecular weight is 211 g/mol. The molecule has 0 aromatic rings. The highest BCUT2D eigenvalue weighted by atomic mass is 16.5. The van der Waals surface area contributed by atoms with Crippen LogP contribution >= 0.6 is 0 Å². The van der Waals surface area contributed by atoms with Crippen molar-refractivity contribution in [3.05, 3.63) is 0 Å². The van der Waals surface area contributed by atoms with Crippen LogP contribution in [0.3, 0.4) is 0 Å². The molecule has 1 aliphatic rings. The molecule has 0 saturated heterocycles. The molecule has 0 aliphatic heterocycles. The lowest BCUT2D eigenvalue weighted by Crippen LogP contribution is -2.53. The fourth-order valence-corrected chi connectivity index (χ4v) is 2.70. The van der Waals surface area contributed by atoms with E-state index in [4.69, 9.17) is 4.74 Å². The number of rotatable bonds is 4. The van der Waals surface area contributed by atoms with Gasteiger partial charge in [0.05, 0.1) is 18.1 Å². The quantitative estimate of drug-likeness (QED) is 0.774. The fraction of sp³-hybridized carbons (Fsp3) is 0.917. The SMILES string of the molecule is COCC(O)(C(C)C)C1(C#N)CCCC1. The van der Waals surface area contributed by atoms with Gasteiger partial charge in [0.25, 0.3) is 0 Å². The lowest BCUT2D eigenvalue weighted by Gasteiger charge is -2.43. The Bertz CT molecular complexity index is 251. The van der Waals surface area contributed by atoms with E-state index in [1.54, 1.807) is 7.11 Å². The van der Waals surface area contributed by atoms with E-state index in [-0.39, 0.29) is 12.5 Å². The molecule has 0 amide bonds. The molecule has 1 saturated carbocycles. The zero-order valence-electron chi connectivity index (χ0n) is 9.92. The second-order valence-corrected chi connectivity index (χ2v) is 4.91. The molecule has 0 radical (unpaired) electrons. The van der Waals surface area contributed by atoms with Crippen molar-refractivity contribution >= 4 is 0 Å². The maximum atomic E-state index is 10.7. The molecule has 86 valence electrons. The standard InChI is InChI=1S/C12H21NO2/c1-10(2)12(14,9-15-3)11(8-13)6-4-5-7-11/h10,14H,4-7,9H2,1-3H3. The Hall–Kier alpha value is -0.590. The molecular formula is C12H21NO2. The molecule has 1 atom stereocenters. The van der Waals surface area contributed by atoms with Gasteiger partial charge in [-0.2, -0.15) is 5.26 Å². The zero-order chi connectivity index (χ0) is 11.5. The Morgan fingerprint density at radius 1 is 1.47 bits per heavy atom. The summed E-state index contributed by atoms with van der Waals surface area (Å²) in [6.07, 6.45) is 3.65. The van der Waals surface area contributed by atoms with Crippen molar-refractivity contribution in [2.45, 2.75) is 45.1 Å². The smallest absolute Gasteiger partial charge is 0.109 e. The van der Waals surface area contributed by atoms with E-state index >= 15 is 0 Å². The van der Waals surface area contributed by atoms with Crippen LogP contribution in [-0.4, -0.2) is 24.4 Å². The molecular weight excluding hydrogens is 190 g/mol. The summed E-state index contributed by atoms with van der Waals surface area (Å²) in [5.41, 5.74) is -1.61. The van der Waals surface area contributed by atoms with Gasteiger partial charge in [0.15, 0.2) is 0 Å². The molecule has 1 unspecified atom stereocenters. The van der Waals surface area contributed by atoms with Crippen molar-refractivity contribution in [1.82, 2.24) is 0 Å². The minimum Gasteiger partial charge on any atom is -0.386 e. The van der Waals surface area contributed by atoms with Crippen molar-refractivity contribution in [3.8, 4) is 6.07 Å². The van der Waals surface area contributed by atoms with Crippen LogP contribution in [0.4, 0.5) is 0 Å². The van der Waals surface area contributed by atoms with Crippen LogP contribution in [0.1, 0.15) is 39.5 Å². The van der Waals surface area contributed by atoms with E-state index in [1.807, 2.05) is 13.8 Å². The van der Waals surface area contributed by atoms with E-state index in [1.165, 1.54) is 0 Å². The summed E-state index contributed by atoms with van der Waals surface area (Å²) in [4.78, 5) is 0. The summed E-state index contributed by atoms with van der Waals surface area (Å²) in [7, 11) is 1.58. The largest absolute Gasteiger partial charge is 0.386 e. The number of hydrogen-bond donors (Lipinski definition) is 1. The normalized spacial score (nSPS) is 23.7. The third kappa shape index (κ3) is 1.89. The van der Waals surface area contributed by atoms with E-state index in [0.717, 1.165) is 25.7 Å². The molecule has 1 rings (SSSR count). The van der Waals surface area contributed by atoms with Gasteiger partial charge in [-0.1, -0.05) is 26.7 Å². The maximum Gasteiger partial charge on any atom is 0.109 e. The molecule has 1 aliphatic carbocycles. The number of nitriles is 1. The second kappa shape index (κ2) is 4.51. The monoisotopic (exact) mass is 211 g/mol. The highest BCUT2D eigenvalue weighted by Gasteiger charge is 2.54. The van der Waals surface area contributed by atoms with Crippen molar-refractivity contribution in [2.75, 3.05) is 13.7 Å². The highest BCUT2D eigenvalue weighted by Crippen LogP contribution is 2.49. The lowest BCUT2D eigenvalue weighted by molar-refractivity contribution is -0.131. The van der Waals surface area contributed by atoms with Crippen molar-refractivity contribution in [2.24, 2.45) is 11.3 Å². The van der Waals surface area contributed by atoms with Gasteiger partial charge < -0.3 is 9.84 Å². The maximum absolute atomic E-state index is 10.7. The van der Waals surface area contributed by atoms with Crippen molar-refractivity contribution < 1.29 is 9.84 Å². The van der Waals surface area contributed by atoms with Crippen LogP contribution < -0.4 is 0 Å². The van der Waals surface area contributed by atoms with E-state index in [9.17, 15) is 10.4 Å². The lowest BCUT2D eigenvalue weighted by atomic mass is 9.66. The highest BCUT2D eigenvalue weighted by molar-refractivity contribution is 5.14. The Balaban J connectivity index is 3.01. The summed E-state index contributed by atoms with van der Waals surface area (Å²) in [5.74, 6) is 0.0372. The fourth-order valence-electron chi connectivity index (χ4n) is 2.70.